The average Bonchev–Trinajstić information content (AvgIpc) is 2.65. The third kappa shape index (κ3) is 4.29. The Morgan fingerprint density at radius 2 is 2.22 bits per heavy atom. The van der Waals surface area contributed by atoms with Crippen LogP contribution < -0.4 is 5.32 Å². The molecule has 0 bridgehead atoms. The number of likely N-dealkylation sites (tertiary alicyclic amines) is 1. The van der Waals surface area contributed by atoms with Crippen molar-refractivity contribution < 1.29 is 14.7 Å². The molecule has 2 N–H and O–H groups in total. The molecule has 0 radical (unpaired) electrons. The van der Waals surface area contributed by atoms with E-state index >= 15 is 0 Å². The van der Waals surface area contributed by atoms with Crippen molar-refractivity contribution >= 4 is 11.8 Å². The summed E-state index contributed by atoms with van der Waals surface area (Å²) in [5, 5.41) is 12.0. The van der Waals surface area contributed by atoms with Gasteiger partial charge in [0.15, 0.2) is 0 Å². The van der Waals surface area contributed by atoms with Crippen molar-refractivity contribution in [1.82, 2.24) is 10.2 Å². The topological polar surface area (TPSA) is 69.6 Å². The van der Waals surface area contributed by atoms with E-state index in [4.69, 9.17) is 5.11 Å². The van der Waals surface area contributed by atoms with E-state index in [0.29, 0.717) is 19.5 Å². The fraction of sp³-hybridized carbons (Fsp3) is 0.846. The molecular weight excluding hydrogens is 232 g/mol. The minimum absolute atomic E-state index is 0.0329. The molecule has 0 aromatic carbocycles. The normalized spacial score (nSPS) is 20.3. The highest BCUT2D eigenvalue weighted by Gasteiger charge is 2.31. The molecule has 1 rings (SSSR count). The van der Waals surface area contributed by atoms with Gasteiger partial charge in [0.05, 0.1) is 5.92 Å². The van der Waals surface area contributed by atoms with Gasteiger partial charge in [-0.25, -0.2) is 0 Å². The van der Waals surface area contributed by atoms with Crippen molar-refractivity contribution in [3.63, 3.8) is 0 Å². The van der Waals surface area contributed by atoms with Gasteiger partial charge in [0, 0.05) is 33.2 Å². The second-order valence-corrected chi connectivity index (χ2v) is 5.89. The number of nitrogens with zero attached hydrogens (tertiary/aromatic N) is 1. The first-order valence-electron chi connectivity index (χ1n) is 6.48. The molecule has 5 nitrogen and oxygen atoms in total. The summed E-state index contributed by atoms with van der Waals surface area (Å²) in [4.78, 5) is 24.7. The van der Waals surface area contributed by atoms with Crippen LogP contribution in [0.15, 0.2) is 0 Å². The van der Waals surface area contributed by atoms with Gasteiger partial charge in [-0.2, -0.15) is 0 Å². The van der Waals surface area contributed by atoms with Crippen LogP contribution in [0.4, 0.5) is 0 Å². The zero-order valence-corrected chi connectivity index (χ0v) is 11.5. The van der Waals surface area contributed by atoms with Crippen LogP contribution in [0.1, 0.15) is 33.1 Å². The van der Waals surface area contributed by atoms with Gasteiger partial charge in [-0.3, -0.25) is 9.59 Å². The highest BCUT2D eigenvalue weighted by molar-refractivity contribution is 5.89. The summed E-state index contributed by atoms with van der Waals surface area (Å²) in [5.74, 6) is -0.195. The van der Waals surface area contributed by atoms with Crippen molar-refractivity contribution in [2.24, 2.45) is 11.3 Å². The van der Waals surface area contributed by atoms with Crippen LogP contribution in [-0.4, -0.2) is 48.6 Å². The molecular formula is C13H24N2O3. The first-order chi connectivity index (χ1) is 8.35. The molecule has 104 valence electrons. The van der Waals surface area contributed by atoms with Gasteiger partial charge in [0.2, 0.25) is 11.8 Å². The number of carbonyl (C=O) groups excluding carboxylic acids is 2. The highest BCUT2D eigenvalue weighted by Crippen LogP contribution is 2.20. The van der Waals surface area contributed by atoms with Crippen molar-refractivity contribution in [2.45, 2.75) is 33.1 Å². The maximum absolute atomic E-state index is 11.8. The average molecular weight is 256 g/mol. The Kier molecular flexibility index (Phi) is 5.14. The van der Waals surface area contributed by atoms with Gasteiger partial charge >= 0.3 is 0 Å². The SMILES string of the molecule is CN1CC(C(=O)NCCCC(C)(C)CO)CC1=O. The highest BCUT2D eigenvalue weighted by atomic mass is 16.3. The van der Waals surface area contributed by atoms with Gasteiger partial charge < -0.3 is 15.3 Å². The lowest BCUT2D eigenvalue weighted by Crippen LogP contribution is -2.33. The van der Waals surface area contributed by atoms with Gasteiger partial charge in [-0.05, 0) is 18.3 Å². The number of amides is 2. The number of aliphatic hydroxyl groups excluding tert-OH is 1. The lowest BCUT2D eigenvalue weighted by Gasteiger charge is -2.21. The number of rotatable bonds is 6. The van der Waals surface area contributed by atoms with Gasteiger partial charge in [0.25, 0.3) is 0 Å². The lowest BCUT2D eigenvalue weighted by molar-refractivity contribution is -0.128. The van der Waals surface area contributed by atoms with E-state index in [1.165, 1.54) is 0 Å². The Morgan fingerprint density at radius 1 is 1.56 bits per heavy atom. The van der Waals surface area contributed by atoms with E-state index in [0.717, 1.165) is 12.8 Å². The Hall–Kier alpha value is -1.10. The predicted octanol–water partition coefficient (Wildman–Crippen LogP) is 0.380. The zero-order valence-electron chi connectivity index (χ0n) is 11.5. The fourth-order valence-electron chi connectivity index (χ4n) is 2.04. The molecule has 0 aromatic rings. The van der Waals surface area contributed by atoms with E-state index in [2.05, 4.69) is 5.32 Å². The predicted molar refractivity (Wildman–Crippen MR) is 68.9 cm³/mol. The minimum Gasteiger partial charge on any atom is -0.396 e. The van der Waals surface area contributed by atoms with Gasteiger partial charge in [-0.1, -0.05) is 13.8 Å². The number of carbonyl (C=O) groups is 2. The number of hydrogen-bond donors (Lipinski definition) is 2. The van der Waals surface area contributed by atoms with E-state index in [1.54, 1.807) is 11.9 Å². The summed E-state index contributed by atoms with van der Waals surface area (Å²) in [6, 6.07) is 0. The maximum Gasteiger partial charge on any atom is 0.225 e. The zero-order chi connectivity index (χ0) is 13.8. The lowest BCUT2D eigenvalue weighted by atomic mass is 9.89. The van der Waals surface area contributed by atoms with Crippen LogP contribution in [0.25, 0.3) is 0 Å². The van der Waals surface area contributed by atoms with Crippen LogP contribution in [0.3, 0.4) is 0 Å². The Morgan fingerprint density at radius 3 is 2.72 bits per heavy atom. The summed E-state index contributed by atoms with van der Waals surface area (Å²) in [5.41, 5.74) is -0.0890. The molecule has 0 aliphatic carbocycles. The van der Waals surface area contributed by atoms with E-state index in [-0.39, 0.29) is 29.8 Å². The molecule has 1 heterocycles. The van der Waals surface area contributed by atoms with Crippen molar-refractivity contribution in [3.8, 4) is 0 Å². The van der Waals surface area contributed by atoms with Crippen LogP contribution >= 0.6 is 0 Å². The van der Waals surface area contributed by atoms with Gasteiger partial charge in [0.1, 0.15) is 0 Å². The van der Waals surface area contributed by atoms with E-state index in [1.807, 2.05) is 13.8 Å². The van der Waals surface area contributed by atoms with Crippen molar-refractivity contribution in [1.29, 1.82) is 0 Å². The van der Waals surface area contributed by atoms with Crippen molar-refractivity contribution in [3.05, 3.63) is 0 Å². The van der Waals surface area contributed by atoms with Crippen LogP contribution in [0, 0.1) is 11.3 Å². The first kappa shape index (κ1) is 15.0. The largest absolute Gasteiger partial charge is 0.396 e. The summed E-state index contributed by atoms with van der Waals surface area (Å²) in [6.45, 7) is 5.28. The fourth-order valence-corrected chi connectivity index (χ4v) is 2.04. The van der Waals surface area contributed by atoms with Gasteiger partial charge in [-0.15, -0.1) is 0 Å². The minimum atomic E-state index is -0.201. The van der Waals surface area contributed by atoms with Crippen molar-refractivity contribution in [2.75, 3.05) is 26.7 Å². The number of hydrogen-bond acceptors (Lipinski definition) is 3. The Bertz CT molecular complexity index is 315. The summed E-state index contributed by atoms with van der Waals surface area (Å²) in [6.07, 6.45) is 2.04. The van der Waals surface area contributed by atoms with Crippen LogP contribution in [0.5, 0.6) is 0 Å². The van der Waals surface area contributed by atoms with E-state index < -0.39 is 0 Å². The molecule has 0 spiro atoms. The molecule has 1 saturated heterocycles. The molecule has 1 fully saturated rings. The quantitative estimate of drug-likeness (QED) is 0.675. The van der Waals surface area contributed by atoms with E-state index in [9.17, 15) is 9.59 Å². The smallest absolute Gasteiger partial charge is 0.225 e. The molecule has 1 unspecified atom stereocenters. The second kappa shape index (κ2) is 6.18. The molecule has 1 atom stereocenters. The summed E-state index contributed by atoms with van der Waals surface area (Å²) >= 11 is 0. The first-order valence-corrected chi connectivity index (χ1v) is 6.48. The molecule has 1 aliphatic heterocycles. The second-order valence-electron chi connectivity index (χ2n) is 5.89. The summed E-state index contributed by atoms with van der Waals surface area (Å²) < 4.78 is 0. The maximum atomic E-state index is 11.8. The third-order valence-electron chi connectivity index (χ3n) is 3.47. The Labute approximate surface area is 109 Å². The van der Waals surface area contributed by atoms with Crippen LogP contribution in [-0.2, 0) is 9.59 Å². The molecule has 1 aliphatic rings. The standard InChI is InChI=1S/C13H24N2O3/c1-13(2,9-16)5-4-6-14-12(18)10-7-11(17)15(3)8-10/h10,16H,4-9H2,1-3H3,(H,14,18). The molecule has 0 saturated carbocycles. The number of nitrogens with one attached hydrogen (secondary N) is 1. The molecule has 0 aromatic heterocycles. The monoisotopic (exact) mass is 256 g/mol. The van der Waals surface area contributed by atoms with Crippen LogP contribution in [0.2, 0.25) is 0 Å². The molecule has 5 heteroatoms. The molecule has 18 heavy (non-hydrogen) atoms. The third-order valence-corrected chi connectivity index (χ3v) is 3.47. The Balaban J connectivity index is 2.20. The number of aliphatic hydroxyl groups is 1. The molecule has 2 amide bonds. The summed E-state index contributed by atoms with van der Waals surface area (Å²) in [7, 11) is 1.72.